The molecule has 84 valence electrons. The zero-order chi connectivity index (χ0) is 11.2. The van der Waals surface area contributed by atoms with Crippen LogP contribution in [0.25, 0.3) is 0 Å². The number of ether oxygens (including phenoxy) is 1. The highest BCUT2D eigenvalue weighted by Crippen LogP contribution is 2.57. The van der Waals surface area contributed by atoms with Crippen molar-refractivity contribution in [1.82, 2.24) is 0 Å². The minimum atomic E-state index is -0.933. The quantitative estimate of drug-likeness (QED) is 0.420. The van der Waals surface area contributed by atoms with Crippen LogP contribution >= 0.6 is 12.6 Å². The average Bonchev–Trinajstić information content (AvgIpc) is 2.66. The van der Waals surface area contributed by atoms with Gasteiger partial charge in [-0.15, -0.1) is 0 Å². The highest BCUT2D eigenvalue weighted by molar-refractivity contribution is 7.81. The van der Waals surface area contributed by atoms with Gasteiger partial charge in [0.05, 0.1) is 7.11 Å². The molecule has 0 radical (unpaired) electrons. The maximum absolute atomic E-state index is 12.0. The van der Waals surface area contributed by atoms with E-state index < -0.39 is 5.41 Å². The van der Waals surface area contributed by atoms with E-state index in [-0.39, 0.29) is 22.9 Å². The van der Waals surface area contributed by atoms with Crippen molar-refractivity contribution < 1.29 is 14.3 Å². The smallest absolute Gasteiger partial charge is 0.320 e. The second kappa shape index (κ2) is 3.51. The molecule has 4 unspecified atom stereocenters. The Morgan fingerprint density at radius 3 is 2.87 bits per heavy atom. The van der Waals surface area contributed by atoms with Gasteiger partial charge in [-0.25, -0.2) is 0 Å². The molecule has 15 heavy (non-hydrogen) atoms. The summed E-state index contributed by atoms with van der Waals surface area (Å²) in [5, 5.41) is -0.167. The van der Waals surface area contributed by atoms with Crippen LogP contribution in [0.5, 0.6) is 0 Å². The van der Waals surface area contributed by atoms with Crippen LogP contribution in [-0.4, -0.2) is 24.1 Å². The Balaban J connectivity index is 2.46. The van der Waals surface area contributed by atoms with Crippen molar-refractivity contribution in [3.63, 3.8) is 0 Å². The molecule has 0 N–H and O–H groups in total. The molecule has 2 fully saturated rings. The lowest BCUT2D eigenvalue weighted by Crippen LogP contribution is -2.45. The molecule has 0 heterocycles. The summed E-state index contributed by atoms with van der Waals surface area (Å²) < 4.78 is 4.82. The maximum Gasteiger partial charge on any atom is 0.320 e. The fourth-order valence-electron chi connectivity index (χ4n) is 3.37. The van der Waals surface area contributed by atoms with E-state index in [0.29, 0.717) is 12.3 Å². The summed E-state index contributed by atoms with van der Waals surface area (Å²) >= 11 is 4.44. The predicted molar refractivity (Wildman–Crippen MR) is 58.7 cm³/mol. The molecule has 0 saturated heterocycles. The molecule has 0 aliphatic heterocycles. The molecule has 3 nitrogen and oxygen atoms in total. The number of rotatable bonds is 1. The zero-order valence-electron chi connectivity index (χ0n) is 9.03. The number of thiol groups is 1. The summed E-state index contributed by atoms with van der Waals surface area (Å²) in [6, 6.07) is 0. The van der Waals surface area contributed by atoms with Gasteiger partial charge in [0.2, 0.25) is 0 Å². The Kier molecular flexibility index (Phi) is 2.57. The lowest BCUT2D eigenvalue weighted by molar-refractivity contribution is -0.157. The first-order valence-corrected chi connectivity index (χ1v) is 5.86. The second-order valence-electron chi connectivity index (χ2n) is 4.66. The van der Waals surface area contributed by atoms with Crippen molar-refractivity contribution in [1.29, 1.82) is 0 Å². The van der Waals surface area contributed by atoms with E-state index in [9.17, 15) is 9.59 Å². The number of fused-ring (bicyclic) bond motifs is 1. The number of hydrogen-bond donors (Lipinski definition) is 1. The molecule has 0 aromatic heterocycles. The minimum Gasteiger partial charge on any atom is -0.468 e. The molecule has 2 aliphatic rings. The molecule has 2 rings (SSSR count). The van der Waals surface area contributed by atoms with Crippen LogP contribution in [0.2, 0.25) is 0 Å². The van der Waals surface area contributed by atoms with Gasteiger partial charge in [-0.1, -0.05) is 6.92 Å². The maximum atomic E-state index is 12.0. The van der Waals surface area contributed by atoms with Crippen molar-refractivity contribution in [3.05, 3.63) is 0 Å². The molecular weight excluding hydrogens is 212 g/mol. The number of carbonyl (C=O) groups excluding carboxylic acids is 2. The molecule has 0 aromatic carbocycles. The van der Waals surface area contributed by atoms with Gasteiger partial charge in [0.15, 0.2) is 5.78 Å². The normalized spacial score (nSPS) is 44.2. The molecule has 2 saturated carbocycles. The number of ketones is 1. The fraction of sp³-hybridized carbons (Fsp3) is 0.818. The summed E-state index contributed by atoms with van der Waals surface area (Å²) in [6.45, 7) is 2.09. The third kappa shape index (κ3) is 1.20. The second-order valence-corrected chi connectivity index (χ2v) is 5.28. The van der Waals surface area contributed by atoms with E-state index in [2.05, 4.69) is 19.6 Å². The van der Waals surface area contributed by atoms with Gasteiger partial charge < -0.3 is 4.74 Å². The van der Waals surface area contributed by atoms with E-state index in [4.69, 9.17) is 4.74 Å². The average molecular weight is 228 g/mol. The van der Waals surface area contributed by atoms with Crippen LogP contribution in [0.3, 0.4) is 0 Å². The highest BCUT2D eigenvalue weighted by atomic mass is 32.1. The van der Waals surface area contributed by atoms with Gasteiger partial charge in [0.1, 0.15) is 5.41 Å². The Hall–Kier alpha value is -0.510. The summed E-state index contributed by atoms with van der Waals surface area (Å²) in [7, 11) is 1.35. The van der Waals surface area contributed by atoms with Crippen molar-refractivity contribution in [2.75, 3.05) is 7.11 Å². The standard InChI is InChI=1S/C11H16O3S/c1-6-5-9(15)11(10(13)14-2)7(6)3-4-8(11)12/h6-7,9,15H,3-5H2,1-2H3. The van der Waals surface area contributed by atoms with E-state index >= 15 is 0 Å². The first-order chi connectivity index (χ1) is 7.05. The Morgan fingerprint density at radius 2 is 2.27 bits per heavy atom. The number of carbonyl (C=O) groups is 2. The number of esters is 1. The fourth-order valence-corrected chi connectivity index (χ4v) is 4.14. The topological polar surface area (TPSA) is 43.4 Å². The molecule has 0 aromatic rings. The lowest BCUT2D eigenvalue weighted by atomic mass is 9.77. The third-order valence-corrected chi connectivity index (χ3v) is 4.68. The van der Waals surface area contributed by atoms with Crippen LogP contribution in [0, 0.1) is 17.3 Å². The van der Waals surface area contributed by atoms with Crippen LogP contribution in [0.4, 0.5) is 0 Å². The van der Waals surface area contributed by atoms with Crippen LogP contribution in [0.1, 0.15) is 26.2 Å². The first-order valence-electron chi connectivity index (χ1n) is 5.35. The summed E-state index contributed by atoms with van der Waals surface area (Å²) in [4.78, 5) is 23.9. The SMILES string of the molecule is COC(=O)C12C(=O)CCC1C(C)CC2S. The monoisotopic (exact) mass is 228 g/mol. The van der Waals surface area contributed by atoms with Crippen molar-refractivity contribution >= 4 is 24.4 Å². The van der Waals surface area contributed by atoms with Crippen LogP contribution in [-0.2, 0) is 14.3 Å². The number of methoxy groups -OCH3 is 1. The Labute approximate surface area is 95.0 Å². The summed E-state index contributed by atoms with van der Waals surface area (Å²) in [6.07, 6.45) is 2.14. The van der Waals surface area contributed by atoms with Crippen LogP contribution in [0.15, 0.2) is 0 Å². The van der Waals surface area contributed by atoms with Gasteiger partial charge in [-0.2, -0.15) is 12.6 Å². The van der Waals surface area contributed by atoms with E-state index in [0.717, 1.165) is 12.8 Å². The number of hydrogen-bond acceptors (Lipinski definition) is 4. The molecule has 0 bridgehead atoms. The first kappa shape index (κ1) is 11.0. The Bertz CT molecular complexity index is 315. The van der Waals surface area contributed by atoms with E-state index in [1.54, 1.807) is 0 Å². The molecule has 0 amide bonds. The van der Waals surface area contributed by atoms with Gasteiger partial charge in [-0.05, 0) is 24.7 Å². The van der Waals surface area contributed by atoms with Gasteiger partial charge in [0, 0.05) is 11.7 Å². The number of Topliss-reactive ketones (excluding diaryl/α,β-unsaturated/α-hetero) is 1. The highest BCUT2D eigenvalue weighted by Gasteiger charge is 2.65. The molecular formula is C11H16O3S. The zero-order valence-corrected chi connectivity index (χ0v) is 9.92. The lowest BCUT2D eigenvalue weighted by Gasteiger charge is -2.28. The third-order valence-electron chi connectivity index (χ3n) is 4.06. The minimum absolute atomic E-state index is 0.0312. The molecule has 4 atom stereocenters. The van der Waals surface area contributed by atoms with Crippen LogP contribution < -0.4 is 0 Å². The Morgan fingerprint density at radius 1 is 1.60 bits per heavy atom. The predicted octanol–water partition coefficient (Wildman–Crippen LogP) is 1.46. The van der Waals surface area contributed by atoms with E-state index in [1.807, 2.05) is 0 Å². The van der Waals surface area contributed by atoms with Gasteiger partial charge in [-0.3, -0.25) is 9.59 Å². The van der Waals surface area contributed by atoms with Gasteiger partial charge in [0.25, 0.3) is 0 Å². The molecule has 0 spiro atoms. The van der Waals surface area contributed by atoms with E-state index in [1.165, 1.54) is 7.11 Å². The summed E-state index contributed by atoms with van der Waals surface area (Å²) in [5.74, 6) is 0.182. The van der Waals surface area contributed by atoms with Gasteiger partial charge >= 0.3 is 5.97 Å². The largest absolute Gasteiger partial charge is 0.468 e. The molecule has 2 aliphatic carbocycles. The van der Waals surface area contributed by atoms with Crippen molar-refractivity contribution in [2.45, 2.75) is 31.4 Å². The van der Waals surface area contributed by atoms with Crippen molar-refractivity contribution in [2.24, 2.45) is 17.3 Å². The van der Waals surface area contributed by atoms with Crippen molar-refractivity contribution in [3.8, 4) is 0 Å². The molecule has 4 heteroatoms. The summed E-state index contributed by atoms with van der Waals surface area (Å²) in [5.41, 5.74) is -0.933.